The third-order valence-electron chi connectivity index (χ3n) is 4.06. The Labute approximate surface area is 121 Å². The van der Waals surface area contributed by atoms with Gasteiger partial charge in [-0.3, -0.25) is 9.69 Å². The zero-order valence-electron chi connectivity index (χ0n) is 12.6. The lowest BCUT2D eigenvalue weighted by Crippen LogP contribution is -2.55. The first kappa shape index (κ1) is 15.0. The lowest BCUT2D eigenvalue weighted by Gasteiger charge is -2.35. The van der Waals surface area contributed by atoms with Gasteiger partial charge < -0.3 is 11.1 Å². The van der Waals surface area contributed by atoms with Gasteiger partial charge in [0.15, 0.2) is 0 Å². The first-order valence-corrected chi connectivity index (χ1v) is 7.26. The molecule has 1 aliphatic rings. The number of carbonyl (C=O) groups is 1. The van der Waals surface area contributed by atoms with Crippen LogP contribution in [0.25, 0.3) is 0 Å². The molecule has 0 aromatic heterocycles. The van der Waals surface area contributed by atoms with Crippen molar-refractivity contribution in [3.05, 3.63) is 35.4 Å². The molecule has 0 radical (unpaired) electrons. The summed E-state index contributed by atoms with van der Waals surface area (Å²) in [5.74, 6) is 0.0554. The van der Waals surface area contributed by atoms with E-state index in [9.17, 15) is 4.79 Å². The highest BCUT2D eigenvalue weighted by Crippen LogP contribution is 2.20. The predicted molar refractivity (Wildman–Crippen MR) is 81.3 cm³/mol. The Morgan fingerprint density at radius 2 is 2.05 bits per heavy atom. The summed E-state index contributed by atoms with van der Waals surface area (Å²) in [6.07, 6.45) is 1.01. The average Bonchev–Trinajstić information content (AvgIpc) is 2.45. The highest BCUT2D eigenvalue weighted by molar-refractivity contribution is 5.82. The van der Waals surface area contributed by atoms with E-state index in [1.807, 2.05) is 20.8 Å². The molecule has 1 aliphatic heterocycles. The molecule has 1 atom stereocenters. The van der Waals surface area contributed by atoms with Crippen molar-refractivity contribution in [3.63, 3.8) is 0 Å². The summed E-state index contributed by atoms with van der Waals surface area (Å²) in [6, 6.07) is 8.33. The van der Waals surface area contributed by atoms with Gasteiger partial charge in [0, 0.05) is 25.2 Å². The van der Waals surface area contributed by atoms with Crippen LogP contribution >= 0.6 is 0 Å². The van der Waals surface area contributed by atoms with E-state index in [0.29, 0.717) is 6.54 Å². The van der Waals surface area contributed by atoms with Crippen molar-refractivity contribution in [1.29, 1.82) is 0 Å². The Morgan fingerprint density at radius 3 is 2.70 bits per heavy atom. The molecule has 110 valence electrons. The van der Waals surface area contributed by atoms with E-state index in [0.717, 1.165) is 19.5 Å². The summed E-state index contributed by atoms with van der Waals surface area (Å²) in [5.41, 5.74) is 8.05. The van der Waals surface area contributed by atoms with Crippen LogP contribution in [0.3, 0.4) is 0 Å². The molecule has 1 amide bonds. The SMILES string of the molecule is CC(C(=O)NC(C)(C)CN)N1CCc2ccccc2C1. The minimum Gasteiger partial charge on any atom is -0.349 e. The molecular formula is C16H25N3O. The van der Waals surface area contributed by atoms with Gasteiger partial charge in [-0.15, -0.1) is 0 Å². The molecule has 0 spiro atoms. The van der Waals surface area contributed by atoms with E-state index < -0.39 is 0 Å². The molecule has 1 aromatic rings. The second-order valence-corrected chi connectivity index (χ2v) is 6.24. The van der Waals surface area contributed by atoms with Gasteiger partial charge >= 0.3 is 0 Å². The third kappa shape index (κ3) is 3.38. The molecule has 4 heteroatoms. The molecule has 4 nitrogen and oxygen atoms in total. The van der Waals surface area contributed by atoms with Gasteiger partial charge in [0.1, 0.15) is 0 Å². The Morgan fingerprint density at radius 1 is 1.40 bits per heavy atom. The van der Waals surface area contributed by atoms with Crippen molar-refractivity contribution in [3.8, 4) is 0 Å². The second-order valence-electron chi connectivity index (χ2n) is 6.24. The van der Waals surface area contributed by atoms with Crippen molar-refractivity contribution in [1.82, 2.24) is 10.2 Å². The quantitative estimate of drug-likeness (QED) is 0.870. The van der Waals surface area contributed by atoms with E-state index in [1.165, 1.54) is 11.1 Å². The van der Waals surface area contributed by atoms with Crippen LogP contribution in [0, 0.1) is 0 Å². The number of nitrogens with zero attached hydrogens (tertiary/aromatic N) is 1. The van der Waals surface area contributed by atoms with Gasteiger partial charge in [-0.2, -0.15) is 0 Å². The minimum atomic E-state index is -0.348. The summed E-state index contributed by atoms with van der Waals surface area (Å²) < 4.78 is 0. The number of carbonyl (C=O) groups excluding carboxylic acids is 1. The van der Waals surface area contributed by atoms with Crippen LogP contribution in [-0.2, 0) is 17.8 Å². The Kier molecular flexibility index (Phi) is 4.45. The number of nitrogens with two attached hydrogens (primary N) is 1. The van der Waals surface area contributed by atoms with Crippen LogP contribution in [-0.4, -0.2) is 35.5 Å². The van der Waals surface area contributed by atoms with Crippen LogP contribution < -0.4 is 11.1 Å². The summed E-state index contributed by atoms with van der Waals surface area (Å²) in [4.78, 5) is 14.5. The molecule has 0 bridgehead atoms. The van der Waals surface area contributed by atoms with E-state index in [4.69, 9.17) is 5.73 Å². The van der Waals surface area contributed by atoms with Crippen molar-refractivity contribution >= 4 is 5.91 Å². The van der Waals surface area contributed by atoms with Gasteiger partial charge in [-0.1, -0.05) is 24.3 Å². The van der Waals surface area contributed by atoms with Gasteiger partial charge in [-0.05, 0) is 38.3 Å². The first-order valence-electron chi connectivity index (χ1n) is 7.26. The number of benzene rings is 1. The molecule has 0 aliphatic carbocycles. The summed E-state index contributed by atoms with van der Waals surface area (Å²) in [7, 11) is 0. The standard InChI is InChI=1S/C16H25N3O/c1-12(15(20)18-16(2,3)11-17)19-9-8-13-6-4-5-7-14(13)10-19/h4-7,12H,8-11,17H2,1-3H3,(H,18,20). The minimum absolute atomic E-state index is 0.0554. The Balaban J connectivity index is 2.01. The smallest absolute Gasteiger partial charge is 0.237 e. The van der Waals surface area contributed by atoms with Gasteiger partial charge in [0.2, 0.25) is 5.91 Å². The fourth-order valence-electron chi connectivity index (χ4n) is 2.50. The predicted octanol–water partition coefficient (Wildman–Crippen LogP) is 1.29. The largest absolute Gasteiger partial charge is 0.349 e. The zero-order valence-corrected chi connectivity index (χ0v) is 12.6. The number of rotatable bonds is 4. The highest BCUT2D eigenvalue weighted by atomic mass is 16.2. The monoisotopic (exact) mass is 275 g/mol. The lowest BCUT2D eigenvalue weighted by atomic mass is 9.98. The summed E-state index contributed by atoms with van der Waals surface area (Å²) >= 11 is 0. The molecule has 3 N–H and O–H groups in total. The van der Waals surface area contributed by atoms with E-state index >= 15 is 0 Å². The van der Waals surface area contributed by atoms with Crippen molar-refractivity contribution in [2.24, 2.45) is 5.73 Å². The number of hydrogen-bond donors (Lipinski definition) is 2. The van der Waals surface area contributed by atoms with Gasteiger partial charge in [0.25, 0.3) is 0 Å². The fourth-order valence-corrected chi connectivity index (χ4v) is 2.50. The van der Waals surface area contributed by atoms with Crippen molar-refractivity contribution in [2.45, 2.75) is 45.3 Å². The molecular weight excluding hydrogens is 250 g/mol. The van der Waals surface area contributed by atoms with Crippen LogP contribution in [0.5, 0.6) is 0 Å². The van der Waals surface area contributed by atoms with Crippen LogP contribution in [0.1, 0.15) is 31.9 Å². The molecule has 1 heterocycles. The average molecular weight is 275 g/mol. The molecule has 0 fully saturated rings. The number of fused-ring (bicyclic) bond motifs is 1. The highest BCUT2D eigenvalue weighted by Gasteiger charge is 2.28. The summed E-state index contributed by atoms with van der Waals surface area (Å²) in [5, 5.41) is 3.02. The summed E-state index contributed by atoms with van der Waals surface area (Å²) in [6.45, 7) is 8.07. The van der Waals surface area contributed by atoms with Crippen LogP contribution in [0.4, 0.5) is 0 Å². The Hall–Kier alpha value is -1.39. The van der Waals surface area contributed by atoms with Crippen LogP contribution in [0.2, 0.25) is 0 Å². The maximum absolute atomic E-state index is 12.3. The molecule has 0 saturated carbocycles. The number of amides is 1. The third-order valence-corrected chi connectivity index (χ3v) is 4.06. The van der Waals surface area contributed by atoms with E-state index in [1.54, 1.807) is 0 Å². The van der Waals surface area contributed by atoms with Crippen molar-refractivity contribution < 1.29 is 4.79 Å². The molecule has 2 rings (SSSR count). The maximum atomic E-state index is 12.3. The maximum Gasteiger partial charge on any atom is 0.237 e. The molecule has 1 aromatic carbocycles. The van der Waals surface area contributed by atoms with Crippen LogP contribution in [0.15, 0.2) is 24.3 Å². The van der Waals surface area contributed by atoms with Crippen molar-refractivity contribution in [2.75, 3.05) is 13.1 Å². The first-order chi connectivity index (χ1) is 9.43. The second kappa shape index (κ2) is 5.94. The number of hydrogen-bond acceptors (Lipinski definition) is 3. The molecule has 0 saturated heterocycles. The van der Waals surface area contributed by atoms with E-state index in [-0.39, 0.29) is 17.5 Å². The molecule has 20 heavy (non-hydrogen) atoms. The number of nitrogens with one attached hydrogen (secondary N) is 1. The molecule has 1 unspecified atom stereocenters. The Bertz CT molecular complexity index is 484. The lowest BCUT2D eigenvalue weighted by molar-refractivity contribution is -0.127. The fraction of sp³-hybridized carbons (Fsp3) is 0.562. The van der Waals surface area contributed by atoms with Gasteiger partial charge in [-0.25, -0.2) is 0 Å². The van der Waals surface area contributed by atoms with Gasteiger partial charge in [0.05, 0.1) is 6.04 Å². The zero-order chi connectivity index (χ0) is 14.8. The normalized spacial score (nSPS) is 17.4. The van der Waals surface area contributed by atoms with E-state index in [2.05, 4.69) is 34.5 Å². The topological polar surface area (TPSA) is 58.4 Å².